The van der Waals surface area contributed by atoms with Crippen LogP contribution >= 0.6 is 0 Å². The van der Waals surface area contributed by atoms with Gasteiger partial charge in [-0.25, -0.2) is 0 Å². The van der Waals surface area contributed by atoms with E-state index in [0.717, 1.165) is 12.8 Å². The van der Waals surface area contributed by atoms with Crippen molar-refractivity contribution < 1.29 is 18.3 Å². The smallest absolute Gasteiger partial charge is 0.387 e. The molecular weight excluding hydrogens is 252 g/mol. The van der Waals surface area contributed by atoms with E-state index >= 15 is 0 Å². The lowest BCUT2D eigenvalue weighted by Gasteiger charge is -2.18. The van der Waals surface area contributed by atoms with Crippen LogP contribution in [0.15, 0.2) is 18.2 Å². The first-order valence-electron chi connectivity index (χ1n) is 6.46. The van der Waals surface area contributed by atoms with Gasteiger partial charge in [0.15, 0.2) is 11.5 Å². The Morgan fingerprint density at radius 3 is 2.42 bits per heavy atom. The summed E-state index contributed by atoms with van der Waals surface area (Å²) in [5, 5.41) is 3.32. The molecule has 0 amide bonds. The summed E-state index contributed by atoms with van der Waals surface area (Å²) in [6, 6.07) is 5.50. The normalized spacial score (nSPS) is 11.1. The average molecular weight is 273 g/mol. The summed E-state index contributed by atoms with van der Waals surface area (Å²) in [7, 11) is 1.44. The zero-order valence-electron chi connectivity index (χ0n) is 11.6. The molecule has 0 spiro atoms. The highest BCUT2D eigenvalue weighted by molar-refractivity contribution is 5.46. The molecule has 1 N–H and O–H groups in total. The summed E-state index contributed by atoms with van der Waals surface area (Å²) >= 11 is 0. The number of methoxy groups -OCH3 is 1. The molecular formula is C14H21F2NO2. The maximum Gasteiger partial charge on any atom is 0.387 e. The molecule has 0 saturated carbocycles. The fourth-order valence-electron chi connectivity index (χ4n) is 1.92. The first-order chi connectivity index (χ1) is 9.12. The fraction of sp³-hybridized carbons (Fsp3) is 0.571. The summed E-state index contributed by atoms with van der Waals surface area (Å²) in [6.07, 6.45) is 1.98. The Labute approximate surface area is 112 Å². The van der Waals surface area contributed by atoms with E-state index in [4.69, 9.17) is 4.74 Å². The monoisotopic (exact) mass is 273 g/mol. The molecule has 0 atom stereocenters. The quantitative estimate of drug-likeness (QED) is 0.785. The number of para-hydroxylation sites is 1. The van der Waals surface area contributed by atoms with Gasteiger partial charge in [0, 0.05) is 18.2 Å². The molecule has 0 bridgehead atoms. The molecule has 0 radical (unpaired) electrons. The van der Waals surface area contributed by atoms with Gasteiger partial charge in [-0.2, -0.15) is 8.78 Å². The second kappa shape index (κ2) is 7.94. The predicted molar refractivity (Wildman–Crippen MR) is 70.8 cm³/mol. The summed E-state index contributed by atoms with van der Waals surface area (Å²) in [5.41, 5.74) is 0.673. The molecule has 0 fully saturated rings. The SMILES string of the molecule is CCC(CC)NCc1cccc(OC)c1OC(F)F. The van der Waals surface area contributed by atoms with Crippen molar-refractivity contribution >= 4 is 0 Å². The Bertz CT molecular complexity index is 382. The van der Waals surface area contributed by atoms with Gasteiger partial charge in [-0.05, 0) is 18.9 Å². The maximum absolute atomic E-state index is 12.4. The van der Waals surface area contributed by atoms with Gasteiger partial charge in [0.25, 0.3) is 0 Å². The number of hydrogen-bond donors (Lipinski definition) is 1. The third-order valence-electron chi connectivity index (χ3n) is 3.05. The Morgan fingerprint density at radius 1 is 1.21 bits per heavy atom. The molecule has 0 aliphatic carbocycles. The van der Waals surface area contributed by atoms with Crippen LogP contribution in [-0.4, -0.2) is 19.8 Å². The van der Waals surface area contributed by atoms with E-state index in [9.17, 15) is 8.78 Å². The van der Waals surface area contributed by atoms with E-state index in [0.29, 0.717) is 23.9 Å². The number of hydrogen-bond acceptors (Lipinski definition) is 3. The molecule has 0 aromatic heterocycles. The highest BCUT2D eigenvalue weighted by atomic mass is 19.3. The lowest BCUT2D eigenvalue weighted by Crippen LogP contribution is -2.27. The van der Waals surface area contributed by atoms with Crippen molar-refractivity contribution in [1.82, 2.24) is 5.32 Å². The van der Waals surface area contributed by atoms with Crippen molar-refractivity contribution in [2.45, 2.75) is 45.9 Å². The van der Waals surface area contributed by atoms with Crippen LogP contribution in [-0.2, 0) is 6.54 Å². The maximum atomic E-state index is 12.4. The van der Waals surface area contributed by atoms with Crippen molar-refractivity contribution in [2.75, 3.05) is 7.11 Å². The second-order valence-electron chi connectivity index (χ2n) is 4.22. The average Bonchev–Trinajstić information content (AvgIpc) is 2.40. The van der Waals surface area contributed by atoms with Crippen LogP contribution in [0, 0.1) is 0 Å². The van der Waals surface area contributed by atoms with Gasteiger partial charge < -0.3 is 14.8 Å². The predicted octanol–water partition coefficient (Wildman–Crippen LogP) is 3.57. The third-order valence-corrected chi connectivity index (χ3v) is 3.05. The molecule has 3 nitrogen and oxygen atoms in total. The number of nitrogens with one attached hydrogen (secondary N) is 1. The van der Waals surface area contributed by atoms with E-state index in [1.165, 1.54) is 7.11 Å². The molecule has 1 rings (SSSR count). The lowest BCUT2D eigenvalue weighted by atomic mass is 10.1. The molecule has 0 aliphatic rings. The number of benzene rings is 1. The minimum Gasteiger partial charge on any atom is -0.493 e. The summed E-state index contributed by atoms with van der Waals surface area (Å²) in [6.45, 7) is 1.79. The van der Waals surface area contributed by atoms with E-state index < -0.39 is 6.61 Å². The third kappa shape index (κ3) is 4.67. The largest absolute Gasteiger partial charge is 0.493 e. The van der Waals surface area contributed by atoms with Crippen molar-refractivity contribution in [3.8, 4) is 11.5 Å². The van der Waals surface area contributed by atoms with Crippen LogP contribution in [0.3, 0.4) is 0 Å². The number of ether oxygens (including phenoxy) is 2. The summed E-state index contributed by atoms with van der Waals surface area (Å²) in [5.74, 6) is 0.433. The van der Waals surface area contributed by atoms with Gasteiger partial charge in [0.1, 0.15) is 0 Å². The van der Waals surface area contributed by atoms with E-state index in [2.05, 4.69) is 23.9 Å². The van der Waals surface area contributed by atoms with Crippen LogP contribution in [0.4, 0.5) is 8.78 Å². The standard InChI is InChI=1S/C14H21F2NO2/c1-4-11(5-2)17-9-10-7-6-8-12(18-3)13(10)19-14(15)16/h6-8,11,14,17H,4-5,9H2,1-3H3. The number of halogens is 2. The first-order valence-corrected chi connectivity index (χ1v) is 6.46. The van der Waals surface area contributed by atoms with E-state index in [1.54, 1.807) is 18.2 Å². The Kier molecular flexibility index (Phi) is 6.56. The minimum absolute atomic E-state index is 0.110. The molecule has 1 aromatic carbocycles. The zero-order valence-corrected chi connectivity index (χ0v) is 11.6. The summed E-state index contributed by atoms with van der Waals surface area (Å²) in [4.78, 5) is 0. The summed E-state index contributed by atoms with van der Waals surface area (Å²) < 4.78 is 34.5. The van der Waals surface area contributed by atoms with Crippen LogP contribution in [0.1, 0.15) is 32.3 Å². The molecule has 0 aliphatic heterocycles. The van der Waals surface area contributed by atoms with E-state index in [1.807, 2.05) is 0 Å². The minimum atomic E-state index is -2.86. The van der Waals surface area contributed by atoms with Gasteiger partial charge in [0.2, 0.25) is 0 Å². The first kappa shape index (κ1) is 15.7. The highest BCUT2D eigenvalue weighted by Crippen LogP contribution is 2.32. The van der Waals surface area contributed by atoms with Gasteiger partial charge in [-0.3, -0.25) is 0 Å². The van der Waals surface area contributed by atoms with Crippen LogP contribution in [0.5, 0.6) is 11.5 Å². The number of rotatable bonds is 8. The Balaban J connectivity index is 2.86. The Hall–Kier alpha value is -1.36. The molecule has 108 valence electrons. The van der Waals surface area contributed by atoms with Crippen molar-refractivity contribution in [3.05, 3.63) is 23.8 Å². The van der Waals surface area contributed by atoms with Gasteiger partial charge in [-0.1, -0.05) is 26.0 Å². The van der Waals surface area contributed by atoms with Crippen LogP contribution in [0.2, 0.25) is 0 Å². The lowest BCUT2D eigenvalue weighted by molar-refractivity contribution is -0.0518. The molecule has 1 aromatic rings. The van der Waals surface area contributed by atoms with Crippen molar-refractivity contribution in [3.63, 3.8) is 0 Å². The molecule has 0 saturated heterocycles. The van der Waals surface area contributed by atoms with Crippen LogP contribution < -0.4 is 14.8 Å². The van der Waals surface area contributed by atoms with Crippen LogP contribution in [0.25, 0.3) is 0 Å². The fourth-order valence-corrected chi connectivity index (χ4v) is 1.92. The molecule has 5 heteroatoms. The Morgan fingerprint density at radius 2 is 1.89 bits per heavy atom. The van der Waals surface area contributed by atoms with Gasteiger partial charge in [-0.15, -0.1) is 0 Å². The molecule has 0 unspecified atom stereocenters. The highest BCUT2D eigenvalue weighted by Gasteiger charge is 2.15. The van der Waals surface area contributed by atoms with E-state index in [-0.39, 0.29) is 5.75 Å². The van der Waals surface area contributed by atoms with Crippen molar-refractivity contribution in [1.29, 1.82) is 0 Å². The zero-order chi connectivity index (χ0) is 14.3. The second-order valence-corrected chi connectivity index (χ2v) is 4.22. The van der Waals surface area contributed by atoms with Gasteiger partial charge in [0.05, 0.1) is 7.11 Å². The number of alkyl halides is 2. The van der Waals surface area contributed by atoms with Gasteiger partial charge >= 0.3 is 6.61 Å². The molecule has 0 heterocycles. The van der Waals surface area contributed by atoms with Crippen molar-refractivity contribution in [2.24, 2.45) is 0 Å². The topological polar surface area (TPSA) is 30.5 Å². The molecule has 19 heavy (non-hydrogen) atoms.